The molecule has 3 N–H and O–H groups in total. The average Bonchev–Trinajstić information content (AvgIpc) is 2.47. The maximum atomic E-state index is 12.0. The summed E-state index contributed by atoms with van der Waals surface area (Å²) in [6.07, 6.45) is 0. The third kappa shape index (κ3) is 4.06. The smallest absolute Gasteiger partial charge is 0.326 e. The lowest BCUT2D eigenvalue weighted by Crippen LogP contribution is -2.24. The summed E-state index contributed by atoms with van der Waals surface area (Å²) in [5.74, 6) is -1.54. The quantitative estimate of drug-likeness (QED) is 0.695. The van der Waals surface area contributed by atoms with Crippen LogP contribution in [-0.2, 0) is 16.1 Å². The summed E-state index contributed by atoms with van der Waals surface area (Å²) in [5.41, 5.74) is -0.563. The number of aromatic nitrogens is 2. The van der Waals surface area contributed by atoms with E-state index in [1.54, 1.807) is 24.3 Å². The van der Waals surface area contributed by atoms with E-state index < -0.39 is 29.7 Å². The van der Waals surface area contributed by atoms with Crippen molar-refractivity contribution in [2.24, 2.45) is 0 Å². The van der Waals surface area contributed by atoms with E-state index in [1.807, 2.05) is 4.98 Å². The zero-order valence-corrected chi connectivity index (χ0v) is 12.1. The molecule has 8 heteroatoms. The Morgan fingerprint density at radius 1 is 1.23 bits per heavy atom. The van der Waals surface area contributed by atoms with Crippen LogP contribution >= 0.6 is 11.6 Å². The molecule has 1 aromatic heterocycles. The van der Waals surface area contributed by atoms with E-state index in [0.29, 0.717) is 10.6 Å². The molecular weight excluding hydrogens is 312 g/mol. The largest absolute Gasteiger partial charge is 0.459 e. The molecule has 7 nitrogen and oxygen atoms in total. The molecule has 2 rings (SSSR count). The number of rotatable bonds is 5. The minimum Gasteiger partial charge on any atom is -0.459 e. The minimum atomic E-state index is -0.869. The Labute approximate surface area is 129 Å². The first-order chi connectivity index (χ1) is 10.5. The maximum Gasteiger partial charge on any atom is 0.326 e. The van der Waals surface area contributed by atoms with Crippen LogP contribution in [0.15, 0.2) is 39.9 Å². The van der Waals surface area contributed by atoms with Gasteiger partial charge in [-0.3, -0.25) is 14.6 Å². The zero-order chi connectivity index (χ0) is 16.1. The van der Waals surface area contributed by atoms with Gasteiger partial charge in [-0.25, -0.2) is 4.79 Å². The van der Waals surface area contributed by atoms with Gasteiger partial charge in [0.25, 0.3) is 5.56 Å². The molecule has 0 bridgehead atoms. The Bertz CT molecular complexity index is 738. The third-order valence-electron chi connectivity index (χ3n) is 2.93. The van der Waals surface area contributed by atoms with E-state index in [4.69, 9.17) is 16.3 Å². The maximum absolute atomic E-state index is 12.0. The fourth-order valence-electron chi connectivity index (χ4n) is 1.86. The first-order valence-electron chi connectivity index (χ1n) is 6.35. The monoisotopic (exact) mass is 324 g/mol. The van der Waals surface area contributed by atoms with Crippen molar-refractivity contribution in [3.63, 3.8) is 0 Å². The number of hydrogen-bond donors (Lipinski definition) is 3. The van der Waals surface area contributed by atoms with Crippen LogP contribution in [-0.4, -0.2) is 27.7 Å². The number of aliphatic hydroxyl groups is 1. The van der Waals surface area contributed by atoms with Gasteiger partial charge in [0, 0.05) is 11.1 Å². The summed E-state index contributed by atoms with van der Waals surface area (Å²) < 4.78 is 5.02. The third-order valence-corrected chi connectivity index (χ3v) is 3.18. The highest BCUT2D eigenvalue weighted by atomic mass is 35.5. The standard InChI is InChI=1S/C14H13ClN2O5/c15-9-3-1-8(2-4-9)11(6-18)13(20)22-7-10-5-12(19)17-14(21)16-10/h1-5,11,18H,6-7H2,(H2,16,17,19,21). The highest BCUT2D eigenvalue weighted by Gasteiger charge is 2.21. The van der Waals surface area contributed by atoms with Gasteiger partial charge in [0.2, 0.25) is 0 Å². The lowest BCUT2D eigenvalue weighted by molar-refractivity contribution is -0.147. The number of halogens is 1. The molecule has 0 aliphatic rings. The highest BCUT2D eigenvalue weighted by molar-refractivity contribution is 6.30. The SMILES string of the molecule is O=C(OCc1cc(=O)[nH]c(=O)[nH]1)C(CO)c1ccc(Cl)cc1. The van der Waals surface area contributed by atoms with Gasteiger partial charge in [-0.2, -0.15) is 0 Å². The zero-order valence-electron chi connectivity index (χ0n) is 11.3. The average molecular weight is 325 g/mol. The number of carbonyl (C=O) groups is 1. The number of nitrogens with one attached hydrogen (secondary N) is 2. The second kappa shape index (κ2) is 7.06. The molecule has 0 saturated heterocycles. The lowest BCUT2D eigenvalue weighted by Gasteiger charge is -2.14. The number of benzene rings is 1. The Morgan fingerprint density at radius 2 is 1.91 bits per heavy atom. The number of esters is 1. The van der Waals surface area contributed by atoms with Crippen molar-refractivity contribution >= 4 is 17.6 Å². The van der Waals surface area contributed by atoms with Gasteiger partial charge in [-0.1, -0.05) is 23.7 Å². The van der Waals surface area contributed by atoms with Crippen LogP contribution in [0.3, 0.4) is 0 Å². The second-order valence-corrected chi connectivity index (χ2v) is 4.94. The molecular formula is C14H13ClN2O5. The summed E-state index contributed by atoms with van der Waals surface area (Å²) in [6, 6.07) is 7.53. The fraction of sp³-hybridized carbons (Fsp3) is 0.214. The number of aliphatic hydroxyl groups excluding tert-OH is 1. The Hall–Kier alpha value is -2.38. The molecule has 0 spiro atoms. The fourth-order valence-corrected chi connectivity index (χ4v) is 1.98. The van der Waals surface area contributed by atoms with Crippen molar-refractivity contribution in [2.75, 3.05) is 6.61 Å². The van der Waals surface area contributed by atoms with Gasteiger partial charge in [0.15, 0.2) is 0 Å². The van der Waals surface area contributed by atoms with Gasteiger partial charge >= 0.3 is 11.7 Å². The first kappa shape index (κ1) is 16.0. The molecule has 0 fully saturated rings. The number of H-pyrrole nitrogens is 2. The van der Waals surface area contributed by atoms with Crippen LogP contribution in [0.25, 0.3) is 0 Å². The van der Waals surface area contributed by atoms with Gasteiger partial charge < -0.3 is 14.8 Å². The molecule has 0 aliphatic carbocycles. The molecule has 1 heterocycles. The van der Waals surface area contributed by atoms with E-state index in [9.17, 15) is 19.5 Å². The number of carbonyl (C=O) groups excluding carboxylic acids is 1. The molecule has 0 aliphatic heterocycles. The summed E-state index contributed by atoms with van der Waals surface area (Å²) in [4.78, 5) is 38.6. The molecule has 116 valence electrons. The van der Waals surface area contributed by atoms with Gasteiger partial charge in [0.05, 0.1) is 12.3 Å². The Balaban J connectivity index is 2.08. The van der Waals surface area contributed by atoms with E-state index in [-0.39, 0.29) is 12.3 Å². The van der Waals surface area contributed by atoms with Crippen molar-refractivity contribution in [1.29, 1.82) is 0 Å². The van der Waals surface area contributed by atoms with Crippen LogP contribution in [0.4, 0.5) is 0 Å². The molecule has 1 aromatic carbocycles. The topological polar surface area (TPSA) is 112 Å². The second-order valence-electron chi connectivity index (χ2n) is 4.51. The highest BCUT2D eigenvalue weighted by Crippen LogP contribution is 2.20. The number of hydrogen-bond acceptors (Lipinski definition) is 5. The van der Waals surface area contributed by atoms with E-state index in [0.717, 1.165) is 6.07 Å². The molecule has 1 atom stereocenters. The van der Waals surface area contributed by atoms with Crippen molar-refractivity contribution in [1.82, 2.24) is 9.97 Å². The Kier molecular flexibility index (Phi) is 5.13. The van der Waals surface area contributed by atoms with E-state index in [2.05, 4.69) is 4.98 Å². The van der Waals surface area contributed by atoms with Crippen molar-refractivity contribution in [3.05, 3.63) is 67.4 Å². The molecule has 0 saturated carbocycles. The molecule has 2 aromatic rings. The predicted octanol–water partition coefficient (Wildman–Crippen LogP) is 0.536. The predicted molar refractivity (Wildman–Crippen MR) is 78.8 cm³/mol. The number of ether oxygens (including phenoxy) is 1. The van der Waals surface area contributed by atoms with Crippen LogP contribution in [0, 0.1) is 0 Å². The van der Waals surface area contributed by atoms with Crippen LogP contribution in [0.1, 0.15) is 17.2 Å². The van der Waals surface area contributed by atoms with Crippen molar-refractivity contribution in [2.45, 2.75) is 12.5 Å². The molecule has 22 heavy (non-hydrogen) atoms. The van der Waals surface area contributed by atoms with E-state index in [1.165, 1.54) is 0 Å². The molecule has 1 unspecified atom stereocenters. The van der Waals surface area contributed by atoms with Crippen LogP contribution in [0.5, 0.6) is 0 Å². The lowest BCUT2D eigenvalue weighted by atomic mass is 10.0. The first-order valence-corrected chi connectivity index (χ1v) is 6.73. The normalized spacial score (nSPS) is 11.9. The molecule has 0 radical (unpaired) electrons. The summed E-state index contributed by atoms with van der Waals surface area (Å²) in [5, 5.41) is 9.87. The summed E-state index contributed by atoms with van der Waals surface area (Å²) in [7, 11) is 0. The van der Waals surface area contributed by atoms with Crippen LogP contribution in [0.2, 0.25) is 5.02 Å². The van der Waals surface area contributed by atoms with Gasteiger partial charge in [-0.15, -0.1) is 0 Å². The minimum absolute atomic E-state index is 0.162. The van der Waals surface area contributed by atoms with Gasteiger partial charge in [0.1, 0.15) is 12.5 Å². The van der Waals surface area contributed by atoms with Crippen molar-refractivity contribution < 1.29 is 14.6 Å². The summed E-state index contributed by atoms with van der Waals surface area (Å²) >= 11 is 5.76. The molecule has 0 amide bonds. The van der Waals surface area contributed by atoms with E-state index >= 15 is 0 Å². The summed E-state index contributed by atoms with van der Waals surface area (Å²) in [6.45, 7) is -0.714. The van der Waals surface area contributed by atoms with Crippen LogP contribution < -0.4 is 11.2 Å². The number of aromatic amines is 2. The van der Waals surface area contributed by atoms with Gasteiger partial charge in [-0.05, 0) is 17.7 Å². The Morgan fingerprint density at radius 3 is 2.50 bits per heavy atom. The van der Waals surface area contributed by atoms with Crippen molar-refractivity contribution in [3.8, 4) is 0 Å².